The summed E-state index contributed by atoms with van der Waals surface area (Å²) in [6.45, 7) is -0.942. The molecular formula is C17H14F3N3O3-2. The number of benzene rings is 1. The van der Waals surface area contributed by atoms with Gasteiger partial charge in [-0.3, -0.25) is 0 Å². The van der Waals surface area contributed by atoms with Crippen LogP contribution in [0.25, 0.3) is 10.6 Å². The Morgan fingerprint density at radius 3 is 2.96 bits per heavy atom. The SMILES string of the molecule is O=C([N-]Cc1ccnc(OCC(F)(F)F)c1)[N-]c1cccc2c1OCC2. The Bertz CT molecular complexity index is 796. The molecule has 0 unspecified atom stereocenters. The highest BCUT2D eigenvalue weighted by molar-refractivity contribution is 6.05. The second-order valence-electron chi connectivity index (χ2n) is 5.48. The number of pyridine rings is 1. The zero-order valence-corrected chi connectivity index (χ0v) is 13.5. The lowest BCUT2D eigenvalue weighted by atomic mass is 10.1. The number of alkyl halides is 3. The summed E-state index contributed by atoms with van der Waals surface area (Å²) in [5, 5.41) is 7.71. The van der Waals surface area contributed by atoms with Gasteiger partial charge in [0, 0.05) is 18.7 Å². The van der Waals surface area contributed by atoms with E-state index < -0.39 is 18.8 Å². The van der Waals surface area contributed by atoms with Crippen LogP contribution < -0.4 is 9.47 Å². The summed E-state index contributed by atoms with van der Waals surface area (Å²) in [5.41, 5.74) is 1.88. The summed E-state index contributed by atoms with van der Waals surface area (Å²) in [4.78, 5) is 15.6. The molecule has 0 fully saturated rings. The molecule has 0 aliphatic carbocycles. The van der Waals surface area contributed by atoms with Crippen LogP contribution in [0.4, 0.5) is 23.7 Å². The molecule has 0 radical (unpaired) electrons. The predicted molar refractivity (Wildman–Crippen MR) is 86.9 cm³/mol. The Balaban J connectivity index is 1.54. The zero-order chi connectivity index (χ0) is 18.6. The lowest BCUT2D eigenvalue weighted by molar-refractivity contribution is -0.154. The molecule has 26 heavy (non-hydrogen) atoms. The number of ether oxygens (including phenoxy) is 2. The average Bonchev–Trinajstić information content (AvgIpc) is 3.08. The van der Waals surface area contributed by atoms with Crippen LogP contribution in [0, 0.1) is 0 Å². The smallest absolute Gasteiger partial charge is 0.422 e. The molecule has 1 aliphatic rings. The van der Waals surface area contributed by atoms with Crippen molar-refractivity contribution in [2.45, 2.75) is 19.1 Å². The van der Waals surface area contributed by atoms with Crippen molar-refractivity contribution in [2.75, 3.05) is 13.2 Å². The van der Waals surface area contributed by atoms with Gasteiger partial charge in [-0.2, -0.15) is 13.2 Å². The van der Waals surface area contributed by atoms with Crippen molar-refractivity contribution in [3.8, 4) is 11.6 Å². The van der Waals surface area contributed by atoms with Crippen LogP contribution in [0.15, 0.2) is 36.5 Å². The Labute approximate surface area is 147 Å². The second-order valence-corrected chi connectivity index (χ2v) is 5.48. The highest BCUT2D eigenvalue weighted by Gasteiger charge is 2.28. The molecule has 9 heteroatoms. The van der Waals surface area contributed by atoms with Gasteiger partial charge in [0.05, 0.1) is 6.61 Å². The van der Waals surface area contributed by atoms with E-state index >= 15 is 0 Å². The Kier molecular flexibility index (Phi) is 5.15. The average molecular weight is 365 g/mol. The first-order chi connectivity index (χ1) is 12.4. The van der Waals surface area contributed by atoms with E-state index in [0.29, 0.717) is 23.6 Å². The van der Waals surface area contributed by atoms with E-state index in [1.807, 2.05) is 6.07 Å². The number of para-hydroxylation sites is 1. The van der Waals surface area contributed by atoms with Crippen molar-refractivity contribution in [2.24, 2.45) is 0 Å². The van der Waals surface area contributed by atoms with Crippen LogP contribution in [0.5, 0.6) is 11.6 Å². The van der Waals surface area contributed by atoms with Crippen LogP contribution in [-0.2, 0) is 13.0 Å². The van der Waals surface area contributed by atoms with E-state index in [-0.39, 0.29) is 12.4 Å². The lowest BCUT2D eigenvalue weighted by Crippen LogP contribution is -2.19. The van der Waals surface area contributed by atoms with Crippen LogP contribution in [-0.4, -0.2) is 30.4 Å². The fourth-order valence-corrected chi connectivity index (χ4v) is 2.37. The van der Waals surface area contributed by atoms with Gasteiger partial charge in [-0.25, -0.2) is 4.98 Å². The van der Waals surface area contributed by atoms with Gasteiger partial charge in [0.15, 0.2) is 6.61 Å². The molecule has 0 saturated carbocycles. The third-order valence-corrected chi connectivity index (χ3v) is 3.49. The van der Waals surface area contributed by atoms with Crippen molar-refractivity contribution >= 4 is 11.7 Å². The van der Waals surface area contributed by atoms with Gasteiger partial charge in [-0.1, -0.05) is 29.4 Å². The minimum absolute atomic E-state index is 0.0525. The maximum absolute atomic E-state index is 12.2. The van der Waals surface area contributed by atoms with E-state index in [4.69, 9.17) is 4.74 Å². The molecule has 1 aliphatic heterocycles. The number of halogens is 3. The van der Waals surface area contributed by atoms with E-state index in [0.717, 1.165) is 12.0 Å². The summed E-state index contributed by atoms with van der Waals surface area (Å²) in [7, 11) is 0. The Morgan fingerprint density at radius 2 is 2.15 bits per heavy atom. The first-order valence-corrected chi connectivity index (χ1v) is 7.73. The number of carbonyl (C=O) groups excluding carboxylic acids is 1. The number of hydrogen-bond acceptors (Lipinski definition) is 4. The fourth-order valence-electron chi connectivity index (χ4n) is 2.37. The largest absolute Gasteiger partial charge is 0.666 e. The summed E-state index contributed by atoms with van der Waals surface area (Å²) >= 11 is 0. The summed E-state index contributed by atoms with van der Waals surface area (Å²) in [5.74, 6) is 0.400. The monoisotopic (exact) mass is 365 g/mol. The maximum Gasteiger partial charge on any atom is 0.422 e. The van der Waals surface area contributed by atoms with Crippen molar-refractivity contribution < 1.29 is 27.4 Å². The van der Waals surface area contributed by atoms with Crippen molar-refractivity contribution in [3.05, 3.63) is 58.3 Å². The molecule has 0 saturated heterocycles. The van der Waals surface area contributed by atoms with Gasteiger partial charge >= 0.3 is 6.18 Å². The lowest BCUT2D eigenvalue weighted by Gasteiger charge is -2.32. The van der Waals surface area contributed by atoms with Gasteiger partial charge in [0.1, 0.15) is 5.75 Å². The van der Waals surface area contributed by atoms with E-state index in [2.05, 4.69) is 20.4 Å². The first-order valence-electron chi connectivity index (χ1n) is 7.73. The minimum atomic E-state index is -4.45. The van der Waals surface area contributed by atoms with Gasteiger partial charge in [0.25, 0.3) is 0 Å². The fraction of sp³-hybridized carbons (Fsp3) is 0.294. The van der Waals surface area contributed by atoms with Crippen LogP contribution >= 0.6 is 0 Å². The molecule has 2 aromatic rings. The highest BCUT2D eigenvalue weighted by atomic mass is 19.4. The molecule has 3 rings (SSSR count). The molecule has 138 valence electrons. The number of rotatable bonds is 5. The molecular weight excluding hydrogens is 351 g/mol. The molecule has 6 nitrogen and oxygen atoms in total. The number of nitrogens with zero attached hydrogens (tertiary/aromatic N) is 3. The zero-order valence-electron chi connectivity index (χ0n) is 13.5. The molecule has 0 atom stereocenters. The number of aromatic nitrogens is 1. The third-order valence-electron chi connectivity index (χ3n) is 3.49. The number of hydrogen-bond donors (Lipinski definition) is 0. The number of carbonyl (C=O) groups is 1. The van der Waals surface area contributed by atoms with E-state index in [1.54, 1.807) is 12.1 Å². The van der Waals surface area contributed by atoms with E-state index in [1.165, 1.54) is 18.3 Å². The predicted octanol–water partition coefficient (Wildman–Crippen LogP) is 4.66. The number of amides is 2. The molecule has 0 N–H and O–H groups in total. The molecule has 1 aromatic carbocycles. The summed E-state index contributed by atoms with van der Waals surface area (Å²) in [6.07, 6.45) is -2.40. The van der Waals surface area contributed by atoms with Crippen LogP contribution in [0.3, 0.4) is 0 Å². The Hall–Kier alpha value is -2.97. The topological polar surface area (TPSA) is 76.6 Å². The summed E-state index contributed by atoms with van der Waals surface area (Å²) in [6, 6.07) is 7.47. The quantitative estimate of drug-likeness (QED) is 0.772. The van der Waals surface area contributed by atoms with Crippen molar-refractivity contribution in [1.29, 1.82) is 0 Å². The van der Waals surface area contributed by atoms with Gasteiger partial charge in [-0.15, -0.1) is 6.54 Å². The van der Waals surface area contributed by atoms with E-state index in [9.17, 15) is 18.0 Å². The van der Waals surface area contributed by atoms with Gasteiger partial charge < -0.3 is 24.9 Å². The number of urea groups is 1. The highest BCUT2D eigenvalue weighted by Crippen LogP contribution is 2.38. The van der Waals surface area contributed by atoms with Crippen molar-refractivity contribution in [3.63, 3.8) is 0 Å². The Morgan fingerprint density at radius 1 is 1.31 bits per heavy atom. The molecule has 0 bridgehead atoms. The third kappa shape index (κ3) is 4.78. The van der Waals surface area contributed by atoms with Gasteiger partial charge in [-0.05, 0) is 17.7 Å². The molecule has 0 spiro atoms. The summed E-state index contributed by atoms with van der Waals surface area (Å²) < 4.78 is 46.5. The van der Waals surface area contributed by atoms with Gasteiger partial charge in [0.2, 0.25) is 5.88 Å². The molecule has 1 aromatic heterocycles. The maximum atomic E-state index is 12.2. The molecule has 2 amide bonds. The van der Waals surface area contributed by atoms with Crippen LogP contribution in [0.1, 0.15) is 11.1 Å². The second kappa shape index (κ2) is 7.51. The standard InChI is InChI=1S/C17H15F3N3O3/c18-17(19,20)10-26-14-8-11(4-6-21-14)9-22-16(24)23-13-3-1-2-12-5-7-25-15(12)13/h1-4,6,8H,5,7,9-10H2,(H-,22,23,24)/q-1/p-1. The van der Waals surface area contributed by atoms with Crippen molar-refractivity contribution in [1.82, 2.24) is 4.98 Å². The first kappa shape index (κ1) is 17.8. The normalized spacial score (nSPS) is 12.9. The van der Waals surface area contributed by atoms with Crippen LogP contribution in [0.2, 0.25) is 0 Å². The number of fused-ring (bicyclic) bond motifs is 1. The molecule has 2 heterocycles. The minimum Gasteiger partial charge on any atom is -0.666 e.